The van der Waals surface area contributed by atoms with Gasteiger partial charge in [-0.05, 0) is 102 Å². The third-order valence-corrected chi connectivity index (χ3v) is 8.33. The highest BCUT2D eigenvalue weighted by Crippen LogP contribution is 2.34. The summed E-state index contributed by atoms with van der Waals surface area (Å²) in [6, 6.07) is 25.6. The molecule has 0 spiro atoms. The quantitative estimate of drug-likeness (QED) is 0.0670. The van der Waals surface area contributed by atoms with Gasteiger partial charge in [0.25, 0.3) is 11.8 Å². The fourth-order valence-corrected chi connectivity index (χ4v) is 5.89. The van der Waals surface area contributed by atoms with Gasteiger partial charge in [0.05, 0.1) is 22.1 Å². The molecule has 234 valence electrons. The Bertz CT molecular complexity index is 1860. The molecular formula is C34H29ClIN5O4S. The molecule has 0 saturated carbocycles. The van der Waals surface area contributed by atoms with Crippen LogP contribution >= 0.6 is 45.5 Å². The average molecular weight is 766 g/mol. The molecule has 0 unspecified atom stereocenters. The number of rotatable bonds is 12. The van der Waals surface area contributed by atoms with Crippen molar-refractivity contribution in [3.63, 3.8) is 0 Å². The SMILES string of the molecule is CCOc1cc(/C=N\NC(=O)c2ccc(-c3csc(Nc4ccc(Cl)cc4)n3)cc2)cc(I)c1OCC(=O)Nc1ccccc1C. The number of aromatic nitrogens is 1. The van der Waals surface area contributed by atoms with Crippen molar-refractivity contribution in [1.82, 2.24) is 10.4 Å². The maximum atomic E-state index is 12.8. The van der Waals surface area contributed by atoms with Crippen molar-refractivity contribution in [2.45, 2.75) is 13.8 Å². The van der Waals surface area contributed by atoms with Gasteiger partial charge in [-0.2, -0.15) is 5.10 Å². The molecule has 5 rings (SSSR count). The summed E-state index contributed by atoms with van der Waals surface area (Å²) in [5, 5.41) is 13.6. The van der Waals surface area contributed by atoms with Crippen LogP contribution in [0.25, 0.3) is 11.3 Å². The highest BCUT2D eigenvalue weighted by Gasteiger charge is 2.15. The number of carbonyl (C=O) groups is 2. The Morgan fingerprint density at radius 3 is 2.52 bits per heavy atom. The molecule has 0 saturated heterocycles. The summed E-state index contributed by atoms with van der Waals surface area (Å²) in [5.74, 6) is 0.286. The lowest BCUT2D eigenvalue weighted by Gasteiger charge is -2.15. The van der Waals surface area contributed by atoms with Crippen LogP contribution in [-0.2, 0) is 4.79 Å². The van der Waals surface area contributed by atoms with Crippen molar-refractivity contribution in [2.75, 3.05) is 23.8 Å². The van der Waals surface area contributed by atoms with E-state index in [1.54, 1.807) is 18.2 Å². The van der Waals surface area contributed by atoms with Crippen LogP contribution in [0.2, 0.25) is 5.02 Å². The number of amides is 2. The van der Waals surface area contributed by atoms with Crippen LogP contribution in [0.3, 0.4) is 0 Å². The average Bonchev–Trinajstić information content (AvgIpc) is 3.51. The minimum Gasteiger partial charge on any atom is -0.490 e. The zero-order chi connectivity index (χ0) is 32.5. The highest BCUT2D eigenvalue weighted by molar-refractivity contribution is 14.1. The standard InChI is InChI=1S/C34H29ClIN5O4S/c1-3-44-30-17-22(16-27(36)32(30)45-19-31(42)39-28-7-5-4-6-21(28)2)18-37-41-33(43)24-10-8-23(9-11-24)29-20-46-34(40-29)38-26-14-12-25(35)13-15-26/h4-18,20H,3,19H2,1-2H3,(H,38,40)(H,39,42)(H,41,43)/b37-18-. The van der Waals surface area contributed by atoms with Gasteiger partial charge in [0, 0.05) is 32.9 Å². The molecule has 46 heavy (non-hydrogen) atoms. The Morgan fingerprint density at radius 2 is 1.78 bits per heavy atom. The number of benzene rings is 4. The van der Waals surface area contributed by atoms with Crippen LogP contribution in [-0.4, -0.2) is 36.2 Å². The van der Waals surface area contributed by atoms with Crippen molar-refractivity contribution < 1.29 is 19.1 Å². The predicted molar refractivity (Wildman–Crippen MR) is 193 cm³/mol. The molecule has 0 aliphatic heterocycles. The first-order valence-corrected chi connectivity index (χ1v) is 16.5. The number of hydrogen-bond acceptors (Lipinski definition) is 8. The largest absolute Gasteiger partial charge is 0.490 e. The smallest absolute Gasteiger partial charge is 0.271 e. The number of nitrogens with one attached hydrogen (secondary N) is 3. The highest BCUT2D eigenvalue weighted by atomic mass is 127. The van der Waals surface area contributed by atoms with Crippen LogP contribution < -0.4 is 25.5 Å². The number of hydrazone groups is 1. The van der Waals surface area contributed by atoms with Crippen LogP contribution in [0.5, 0.6) is 11.5 Å². The van der Waals surface area contributed by atoms with Gasteiger partial charge >= 0.3 is 0 Å². The van der Waals surface area contributed by atoms with E-state index in [0.29, 0.717) is 34.3 Å². The number of carbonyl (C=O) groups excluding carboxylic acids is 2. The maximum absolute atomic E-state index is 12.8. The lowest BCUT2D eigenvalue weighted by atomic mass is 10.1. The molecule has 1 heterocycles. The second kappa shape index (κ2) is 15.7. The van der Waals surface area contributed by atoms with Gasteiger partial charge in [0.15, 0.2) is 23.2 Å². The molecule has 0 aliphatic carbocycles. The zero-order valence-corrected chi connectivity index (χ0v) is 28.6. The van der Waals surface area contributed by atoms with E-state index in [-0.39, 0.29) is 18.4 Å². The molecule has 5 aromatic rings. The Hall–Kier alpha value is -4.46. The predicted octanol–water partition coefficient (Wildman–Crippen LogP) is 8.30. The van der Waals surface area contributed by atoms with Crippen LogP contribution in [0.4, 0.5) is 16.5 Å². The molecule has 0 aliphatic rings. The molecule has 1 aromatic heterocycles. The van der Waals surface area contributed by atoms with E-state index in [1.807, 2.05) is 86.0 Å². The van der Waals surface area contributed by atoms with E-state index in [4.69, 9.17) is 21.1 Å². The van der Waals surface area contributed by atoms with Gasteiger partial charge in [-0.15, -0.1) is 11.3 Å². The first-order chi connectivity index (χ1) is 22.3. The minimum atomic E-state index is -0.356. The van der Waals surface area contributed by atoms with Gasteiger partial charge in [0.1, 0.15) is 0 Å². The lowest BCUT2D eigenvalue weighted by Crippen LogP contribution is -2.21. The molecule has 12 heteroatoms. The molecule has 4 aromatic carbocycles. The van der Waals surface area contributed by atoms with Gasteiger partial charge in [-0.3, -0.25) is 9.59 Å². The van der Waals surface area contributed by atoms with Gasteiger partial charge in [-0.1, -0.05) is 41.9 Å². The number of anilines is 3. The molecular weight excluding hydrogens is 737 g/mol. The number of para-hydroxylation sites is 1. The second-order valence-corrected chi connectivity index (χ2v) is 12.3. The van der Waals surface area contributed by atoms with E-state index < -0.39 is 0 Å². The maximum Gasteiger partial charge on any atom is 0.271 e. The Morgan fingerprint density at radius 1 is 1.02 bits per heavy atom. The number of ether oxygens (including phenoxy) is 2. The molecule has 0 atom stereocenters. The third-order valence-electron chi connectivity index (χ3n) is 6.52. The molecule has 0 radical (unpaired) electrons. The summed E-state index contributed by atoms with van der Waals surface area (Å²) in [6.45, 7) is 4.00. The monoisotopic (exact) mass is 765 g/mol. The summed E-state index contributed by atoms with van der Waals surface area (Å²) >= 11 is 9.56. The molecule has 0 bridgehead atoms. The molecule has 0 fully saturated rings. The number of hydrogen-bond donors (Lipinski definition) is 3. The number of halogens is 2. The molecule has 3 N–H and O–H groups in total. The van der Waals surface area contributed by atoms with Crippen molar-refractivity contribution in [3.8, 4) is 22.8 Å². The Kier molecular flexibility index (Phi) is 11.2. The second-order valence-electron chi connectivity index (χ2n) is 9.86. The summed E-state index contributed by atoms with van der Waals surface area (Å²) < 4.78 is 12.4. The molecule has 2 amide bonds. The summed E-state index contributed by atoms with van der Waals surface area (Å²) in [5.41, 5.74) is 7.97. The summed E-state index contributed by atoms with van der Waals surface area (Å²) in [6.07, 6.45) is 1.52. The van der Waals surface area contributed by atoms with Crippen molar-refractivity contribution in [1.29, 1.82) is 0 Å². The number of thiazole rings is 1. The van der Waals surface area contributed by atoms with Crippen LogP contribution in [0.1, 0.15) is 28.4 Å². The minimum absolute atomic E-state index is 0.184. The van der Waals surface area contributed by atoms with E-state index in [1.165, 1.54) is 17.6 Å². The van der Waals surface area contributed by atoms with Crippen LogP contribution in [0.15, 0.2) is 95.4 Å². The van der Waals surface area contributed by atoms with E-state index in [0.717, 1.165) is 36.9 Å². The van der Waals surface area contributed by atoms with Crippen molar-refractivity contribution in [2.24, 2.45) is 5.10 Å². The van der Waals surface area contributed by atoms with Gasteiger partial charge in [-0.25, -0.2) is 10.4 Å². The van der Waals surface area contributed by atoms with Crippen LogP contribution in [0, 0.1) is 10.5 Å². The third kappa shape index (κ3) is 8.83. The Labute approximate surface area is 289 Å². The van der Waals surface area contributed by atoms with E-state index in [9.17, 15) is 9.59 Å². The van der Waals surface area contributed by atoms with Crippen molar-refractivity contribution >= 4 is 80.1 Å². The van der Waals surface area contributed by atoms with Gasteiger partial charge in [0.2, 0.25) is 0 Å². The lowest BCUT2D eigenvalue weighted by molar-refractivity contribution is -0.118. The first-order valence-electron chi connectivity index (χ1n) is 14.2. The number of nitrogens with zero attached hydrogens (tertiary/aromatic N) is 2. The van der Waals surface area contributed by atoms with Crippen molar-refractivity contribution in [3.05, 3.63) is 116 Å². The fourth-order valence-electron chi connectivity index (χ4n) is 4.25. The first kappa shape index (κ1) is 32.9. The van der Waals surface area contributed by atoms with E-state index >= 15 is 0 Å². The fraction of sp³-hybridized carbons (Fsp3) is 0.118. The topological polar surface area (TPSA) is 114 Å². The summed E-state index contributed by atoms with van der Waals surface area (Å²) in [4.78, 5) is 29.9. The zero-order valence-electron chi connectivity index (χ0n) is 24.8. The summed E-state index contributed by atoms with van der Waals surface area (Å²) in [7, 11) is 0. The number of aryl methyl sites for hydroxylation is 1. The Balaban J connectivity index is 1.17. The van der Waals surface area contributed by atoms with E-state index in [2.05, 4.69) is 48.7 Å². The van der Waals surface area contributed by atoms with Gasteiger partial charge < -0.3 is 20.1 Å². The molecule has 9 nitrogen and oxygen atoms in total. The normalized spacial score (nSPS) is 10.9.